The zero-order chi connectivity index (χ0) is 25.6. The van der Waals surface area contributed by atoms with Crippen molar-refractivity contribution >= 4 is 17.0 Å². The number of carboxylic acids is 1. The second-order valence-corrected chi connectivity index (χ2v) is 13.6. The Morgan fingerprint density at radius 1 is 0.842 bits per heavy atom. The van der Waals surface area contributed by atoms with Crippen molar-refractivity contribution in [3.05, 3.63) is 30.1 Å². The van der Waals surface area contributed by atoms with Crippen LogP contribution >= 0.6 is 0 Å². The summed E-state index contributed by atoms with van der Waals surface area (Å²) in [5, 5.41) is 9.25. The average molecular weight is 519 g/mol. The van der Waals surface area contributed by atoms with Crippen molar-refractivity contribution in [2.75, 3.05) is 19.6 Å². The molecule has 0 amide bonds. The third kappa shape index (κ3) is 4.92. The summed E-state index contributed by atoms with van der Waals surface area (Å²) >= 11 is 0. The molecular formula is C32H46N4O2. The number of carbonyl (C=O) groups is 1. The van der Waals surface area contributed by atoms with Crippen LogP contribution in [0, 0.1) is 17.8 Å². The Morgan fingerprint density at radius 2 is 1.58 bits per heavy atom. The first-order chi connectivity index (χ1) is 18.6. The monoisotopic (exact) mass is 518 g/mol. The number of rotatable bonds is 6. The molecule has 38 heavy (non-hydrogen) atoms. The summed E-state index contributed by atoms with van der Waals surface area (Å²) < 4.78 is 2.65. The van der Waals surface area contributed by atoms with Crippen LogP contribution < -0.4 is 0 Å². The maximum atomic E-state index is 11.2. The van der Waals surface area contributed by atoms with Crippen molar-refractivity contribution in [2.45, 2.75) is 114 Å². The van der Waals surface area contributed by atoms with Crippen LogP contribution in [0.15, 0.2) is 24.3 Å². The molecule has 7 rings (SSSR count). The molecule has 3 aliphatic heterocycles. The predicted molar refractivity (Wildman–Crippen MR) is 150 cm³/mol. The summed E-state index contributed by atoms with van der Waals surface area (Å²) in [6.45, 7) is 1.93. The summed E-state index contributed by atoms with van der Waals surface area (Å²) in [7, 11) is 0. The molecule has 6 nitrogen and oxygen atoms in total. The normalized spacial score (nSPS) is 36.4. The Labute approximate surface area is 227 Å². The topological polar surface area (TPSA) is 61.6 Å². The van der Waals surface area contributed by atoms with Gasteiger partial charge in [0.2, 0.25) is 0 Å². The van der Waals surface area contributed by atoms with E-state index >= 15 is 0 Å². The highest BCUT2D eigenvalue weighted by molar-refractivity contribution is 5.76. The van der Waals surface area contributed by atoms with Gasteiger partial charge in [0, 0.05) is 37.1 Å². The number of imidazole rings is 1. The summed E-state index contributed by atoms with van der Waals surface area (Å²) in [5.41, 5.74) is 2.44. The first kappa shape index (κ1) is 25.1. The number of carboxylic acid groups (broad SMARTS) is 1. The van der Waals surface area contributed by atoms with Gasteiger partial charge in [0.15, 0.2) is 0 Å². The Morgan fingerprint density at radius 3 is 2.32 bits per heavy atom. The van der Waals surface area contributed by atoms with Crippen LogP contribution in [0.1, 0.15) is 95.3 Å². The van der Waals surface area contributed by atoms with Crippen LogP contribution in [-0.2, 0) is 11.2 Å². The third-order valence-electron chi connectivity index (χ3n) is 11.0. The van der Waals surface area contributed by atoms with Gasteiger partial charge in [0.05, 0.1) is 17.6 Å². The van der Waals surface area contributed by atoms with E-state index in [4.69, 9.17) is 4.98 Å². The maximum absolute atomic E-state index is 11.2. The molecule has 4 bridgehead atoms. The molecule has 5 aliphatic rings. The second kappa shape index (κ2) is 10.6. The van der Waals surface area contributed by atoms with Crippen molar-refractivity contribution < 1.29 is 9.90 Å². The van der Waals surface area contributed by atoms with Crippen LogP contribution in [0.25, 0.3) is 11.0 Å². The molecule has 3 unspecified atom stereocenters. The minimum Gasteiger partial charge on any atom is -0.480 e. The van der Waals surface area contributed by atoms with Gasteiger partial charge in [0.1, 0.15) is 5.82 Å². The molecule has 0 radical (unpaired) electrons. The number of aliphatic carboxylic acids is 1. The smallest absolute Gasteiger partial charge is 0.317 e. The van der Waals surface area contributed by atoms with Crippen molar-refractivity contribution in [3.63, 3.8) is 0 Å². The number of fused-ring (bicyclic) bond motifs is 5. The number of nitrogens with zero attached hydrogens (tertiary/aromatic N) is 4. The molecule has 2 aliphatic carbocycles. The molecule has 7 atom stereocenters. The van der Waals surface area contributed by atoms with E-state index in [1.807, 2.05) is 0 Å². The third-order valence-corrected chi connectivity index (χ3v) is 11.0. The van der Waals surface area contributed by atoms with Gasteiger partial charge in [-0.3, -0.25) is 14.6 Å². The molecule has 2 saturated carbocycles. The Kier molecular flexibility index (Phi) is 6.98. The number of likely N-dealkylation sites (tertiary alicyclic amines) is 1. The molecule has 1 N–H and O–H groups in total. The first-order valence-electron chi connectivity index (χ1n) is 15.8. The van der Waals surface area contributed by atoms with E-state index in [1.165, 1.54) is 88.4 Å². The maximum Gasteiger partial charge on any atom is 0.317 e. The van der Waals surface area contributed by atoms with Gasteiger partial charge in [-0.25, -0.2) is 4.98 Å². The summed E-state index contributed by atoms with van der Waals surface area (Å²) in [4.78, 5) is 21.6. The van der Waals surface area contributed by atoms with Gasteiger partial charge in [-0.1, -0.05) is 44.2 Å². The molecule has 3 saturated heterocycles. The van der Waals surface area contributed by atoms with Gasteiger partial charge in [-0.15, -0.1) is 0 Å². The highest BCUT2D eigenvalue weighted by Crippen LogP contribution is 2.47. The lowest BCUT2D eigenvalue weighted by molar-refractivity contribution is -0.138. The summed E-state index contributed by atoms with van der Waals surface area (Å²) in [6.07, 6.45) is 19.0. The zero-order valence-electron chi connectivity index (χ0n) is 23.0. The quantitative estimate of drug-likeness (QED) is 0.516. The first-order valence-corrected chi connectivity index (χ1v) is 15.8. The molecule has 4 heterocycles. The molecule has 1 aromatic carbocycles. The van der Waals surface area contributed by atoms with Crippen molar-refractivity contribution in [1.29, 1.82) is 0 Å². The molecule has 6 heteroatoms. The fourth-order valence-corrected chi connectivity index (χ4v) is 9.62. The zero-order valence-corrected chi connectivity index (χ0v) is 23.0. The number of hydrogen-bond acceptors (Lipinski definition) is 4. The van der Waals surface area contributed by atoms with E-state index < -0.39 is 5.97 Å². The van der Waals surface area contributed by atoms with Gasteiger partial charge >= 0.3 is 5.97 Å². The van der Waals surface area contributed by atoms with Crippen LogP contribution in [0.4, 0.5) is 0 Å². The van der Waals surface area contributed by atoms with Gasteiger partial charge in [-0.2, -0.15) is 0 Å². The molecule has 206 valence electrons. The van der Waals surface area contributed by atoms with E-state index in [0.717, 1.165) is 61.4 Å². The number of benzene rings is 1. The van der Waals surface area contributed by atoms with Crippen LogP contribution in [-0.4, -0.2) is 68.2 Å². The second-order valence-electron chi connectivity index (χ2n) is 13.6. The average Bonchev–Trinajstić information content (AvgIpc) is 3.44. The molecule has 2 aromatic rings. The molecule has 0 spiro atoms. The van der Waals surface area contributed by atoms with Gasteiger partial charge in [-0.05, 0) is 87.8 Å². The SMILES string of the molecule is O=C(O)CN1CCC(Cc2nc3ccccc3n2C2C[C@H]3CCC[C@@H](C2)N3C2C[C@H]3CCCC[C@@H](C2)C3)C1. The van der Waals surface area contributed by atoms with E-state index in [1.54, 1.807) is 0 Å². The fraction of sp³-hybridized carbons (Fsp3) is 0.750. The summed E-state index contributed by atoms with van der Waals surface area (Å²) in [6, 6.07) is 11.6. The number of hydrogen-bond donors (Lipinski definition) is 1. The predicted octanol–water partition coefficient (Wildman–Crippen LogP) is 5.90. The Balaban J connectivity index is 1.13. The Hall–Kier alpha value is -1.92. The fourth-order valence-electron chi connectivity index (χ4n) is 9.62. The standard InChI is InChI=1S/C32H46N4O2/c37-32(38)21-34-13-12-24(20-34)17-31-33-29-10-3-4-11-30(29)36(31)28-18-25-8-5-9-26(19-28)35(25)27-15-22-6-1-2-7-23(14-22)16-27/h3-4,10-11,22-28H,1-2,5-9,12-21H2,(H,37,38)/t22-,23+,24?,25-,26+,27?,28?. The highest BCUT2D eigenvalue weighted by Gasteiger charge is 2.45. The van der Waals surface area contributed by atoms with Crippen LogP contribution in [0.3, 0.4) is 0 Å². The lowest BCUT2D eigenvalue weighted by atomic mass is 9.73. The minimum atomic E-state index is -0.714. The number of para-hydroxylation sites is 2. The molecule has 5 fully saturated rings. The lowest BCUT2D eigenvalue weighted by Gasteiger charge is -2.54. The van der Waals surface area contributed by atoms with Crippen molar-refractivity contribution in [3.8, 4) is 0 Å². The minimum absolute atomic E-state index is 0.164. The molecular weight excluding hydrogens is 472 g/mol. The van der Waals surface area contributed by atoms with E-state index in [2.05, 4.69) is 38.6 Å². The van der Waals surface area contributed by atoms with Gasteiger partial charge < -0.3 is 9.67 Å². The highest BCUT2D eigenvalue weighted by atomic mass is 16.4. The van der Waals surface area contributed by atoms with Crippen molar-refractivity contribution in [1.82, 2.24) is 19.4 Å². The van der Waals surface area contributed by atoms with Gasteiger partial charge in [0.25, 0.3) is 0 Å². The van der Waals surface area contributed by atoms with Crippen LogP contribution in [0.2, 0.25) is 0 Å². The van der Waals surface area contributed by atoms with Crippen molar-refractivity contribution in [2.24, 2.45) is 17.8 Å². The van der Waals surface area contributed by atoms with E-state index in [-0.39, 0.29) is 6.54 Å². The Bertz CT molecular complexity index is 1120. The number of piperidine rings is 2. The van der Waals surface area contributed by atoms with E-state index in [9.17, 15) is 9.90 Å². The largest absolute Gasteiger partial charge is 0.480 e. The molecule has 1 aromatic heterocycles. The van der Waals surface area contributed by atoms with Crippen LogP contribution in [0.5, 0.6) is 0 Å². The summed E-state index contributed by atoms with van der Waals surface area (Å²) in [5.74, 6) is 2.99. The number of aromatic nitrogens is 2. The lowest BCUT2D eigenvalue weighted by Crippen LogP contribution is -2.58. The van der Waals surface area contributed by atoms with E-state index in [0.29, 0.717) is 12.0 Å².